The summed E-state index contributed by atoms with van der Waals surface area (Å²) in [6.07, 6.45) is -1.70. The van der Waals surface area contributed by atoms with Crippen LogP contribution in [0.25, 0.3) is 11.2 Å². The summed E-state index contributed by atoms with van der Waals surface area (Å²) in [7, 11) is 0. The third-order valence-corrected chi connectivity index (χ3v) is 6.60. The van der Waals surface area contributed by atoms with Gasteiger partial charge in [0.1, 0.15) is 6.10 Å². The highest BCUT2D eigenvalue weighted by molar-refractivity contribution is 7.99. The first-order chi connectivity index (χ1) is 16.0. The van der Waals surface area contributed by atoms with Crippen LogP contribution in [0.15, 0.2) is 35.5 Å². The molecule has 1 fully saturated rings. The van der Waals surface area contributed by atoms with E-state index in [2.05, 4.69) is 37.8 Å². The highest BCUT2D eigenvalue weighted by Gasteiger charge is 2.47. The van der Waals surface area contributed by atoms with Crippen LogP contribution in [-0.2, 0) is 4.79 Å². The van der Waals surface area contributed by atoms with Crippen LogP contribution in [0.4, 0.5) is 11.5 Å². The monoisotopic (exact) mass is 473 g/mol. The molecule has 2 heterocycles. The standard InChI is InChI=1S/C21H27N7O4S/c1-2-10-33-21-24-18(23-9-8-22-12-6-4-3-5-7-12)15-19(25-21)28(27-26-15)14-11-13(20(31)32)16(29)17(14)30/h3-7,13-14,16-17,22,29-30H,2,8-11H2,1H3,(H,31,32)(H,23,24,25)/t13-,14+,16+,17-/m0/s1. The lowest BCUT2D eigenvalue weighted by Gasteiger charge is -2.16. The molecule has 12 heteroatoms. The fourth-order valence-electron chi connectivity index (χ4n) is 3.85. The van der Waals surface area contributed by atoms with Crippen LogP contribution in [0.5, 0.6) is 0 Å². The third kappa shape index (κ3) is 5.02. The molecule has 1 aliphatic carbocycles. The number of aliphatic hydroxyl groups excluding tert-OH is 2. The topological polar surface area (TPSA) is 158 Å². The lowest BCUT2D eigenvalue weighted by molar-refractivity contribution is -0.145. The molecule has 3 aromatic rings. The van der Waals surface area contributed by atoms with Crippen molar-refractivity contribution in [3.8, 4) is 0 Å². The number of para-hydroxylation sites is 1. The van der Waals surface area contributed by atoms with Crippen molar-refractivity contribution < 1.29 is 20.1 Å². The van der Waals surface area contributed by atoms with Gasteiger partial charge in [0, 0.05) is 24.5 Å². The number of thioether (sulfide) groups is 1. The van der Waals surface area contributed by atoms with E-state index in [4.69, 9.17) is 0 Å². The minimum absolute atomic E-state index is 0.0291. The average molecular weight is 474 g/mol. The van der Waals surface area contributed by atoms with Gasteiger partial charge in [-0.15, -0.1) is 5.10 Å². The van der Waals surface area contributed by atoms with Gasteiger partial charge in [0.15, 0.2) is 22.1 Å². The second-order valence-electron chi connectivity index (χ2n) is 7.86. The van der Waals surface area contributed by atoms with Gasteiger partial charge in [-0.05, 0) is 25.0 Å². The number of rotatable bonds is 10. The van der Waals surface area contributed by atoms with Crippen LogP contribution in [0.2, 0.25) is 0 Å². The first-order valence-electron chi connectivity index (χ1n) is 10.9. The summed E-state index contributed by atoms with van der Waals surface area (Å²) in [5, 5.41) is 45.5. The molecule has 1 aromatic carbocycles. The van der Waals surface area contributed by atoms with Crippen LogP contribution in [-0.4, -0.2) is 77.3 Å². The van der Waals surface area contributed by atoms with Gasteiger partial charge in [-0.3, -0.25) is 4.79 Å². The van der Waals surface area contributed by atoms with E-state index in [1.165, 1.54) is 16.4 Å². The summed E-state index contributed by atoms with van der Waals surface area (Å²) in [6.45, 7) is 3.28. The Hall–Kier alpha value is -2.96. The molecule has 0 aliphatic heterocycles. The second kappa shape index (κ2) is 10.3. The number of carbonyl (C=O) groups is 1. The van der Waals surface area contributed by atoms with Crippen molar-refractivity contribution in [2.75, 3.05) is 29.5 Å². The number of nitrogens with one attached hydrogen (secondary N) is 2. The van der Waals surface area contributed by atoms with Crippen molar-refractivity contribution in [2.24, 2.45) is 5.92 Å². The van der Waals surface area contributed by atoms with E-state index in [0.717, 1.165) is 17.9 Å². The Labute approximate surface area is 194 Å². The molecule has 5 N–H and O–H groups in total. The number of benzene rings is 1. The number of fused-ring (bicyclic) bond motifs is 1. The van der Waals surface area contributed by atoms with Crippen molar-refractivity contribution in [1.82, 2.24) is 25.0 Å². The van der Waals surface area contributed by atoms with Crippen molar-refractivity contribution >= 4 is 40.4 Å². The summed E-state index contributed by atoms with van der Waals surface area (Å²) in [6, 6.07) is 9.10. The maximum atomic E-state index is 11.5. The number of carboxylic acids is 1. The lowest BCUT2D eigenvalue weighted by atomic mass is 10.1. The number of aliphatic carboxylic acids is 1. The van der Waals surface area contributed by atoms with E-state index >= 15 is 0 Å². The predicted octanol–water partition coefficient (Wildman–Crippen LogP) is 1.61. The van der Waals surface area contributed by atoms with Gasteiger partial charge in [0.05, 0.1) is 18.1 Å². The predicted molar refractivity (Wildman–Crippen MR) is 124 cm³/mol. The van der Waals surface area contributed by atoms with Gasteiger partial charge in [0.25, 0.3) is 0 Å². The molecule has 0 radical (unpaired) electrons. The van der Waals surface area contributed by atoms with E-state index < -0.39 is 30.1 Å². The molecule has 0 amide bonds. The smallest absolute Gasteiger partial charge is 0.309 e. The molecule has 0 saturated heterocycles. The molecule has 4 rings (SSSR count). The number of nitrogens with zero attached hydrogens (tertiary/aromatic N) is 5. The summed E-state index contributed by atoms with van der Waals surface area (Å²) < 4.78 is 1.41. The number of aliphatic hydroxyl groups is 2. The van der Waals surface area contributed by atoms with Gasteiger partial charge in [0.2, 0.25) is 0 Å². The molecular formula is C21H27N7O4S. The number of carboxylic acid groups (broad SMARTS) is 1. The van der Waals surface area contributed by atoms with Crippen LogP contribution in [0.1, 0.15) is 25.8 Å². The Bertz CT molecular complexity index is 1100. The Kier molecular flexibility index (Phi) is 7.26. The molecule has 2 aromatic heterocycles. The zero-order valence-electron chi connectivity index (χ0n) is 18.1. The minimum Gasteiger partial charge on any atom is -0.481 e. The first-order valence-corrected chi connectivity index (χ1v) is 11.9. The fourth-order valence-corrected chi connectivity index (χ4v) is 4.55. The van der Waals surface area contributed by atoms with Crippen LogP contribution in [0.3, 0.4) is 0 Å². The van der Waals surface area contributed by atoms with Crippen molar-refractivity contribution in [3.05, 3.63) is 30.3 Å². The largest absolute Gasteiger partial charge is 0.481 e. The SMILES string of the molecule is CCCSc1nc(NCCNc2ccccc2)c2nnn([C@@H]3C[C@H](C(=O)O)[C@@H](O)[C@H]3O)c2n1. The van der Waals surface area contributed by atoms with Gasteiger partial charge >= 0.3 is 5.97 Å². The zero-order chi connectivity index (χ0) is 23.4. The molecule has 11 nitrogen and oxygen atoms in total. The van der Waals surface area contributed by atoms with Gasteiger partial charge in [-0.2, -0.15) is 0 Å². The summed E-state index contributed by atoms with van der Waals surface area (Å²) in [5.41, 5.74) is 1.83. The molecule has 0 unspecified atom stereocenters. The normalized spacial score (nSPS) is 22.5. The third-order valence-electron chi connectivity index (χ3n) is 5.54. The molecule has 176 valence electrons. The Balaban J connectivity index is 1.58. The molecule has 4 atom stereocenters. The molecule has 1 aliphatic rings. The minimum atomic E-state index is -1.39. The summed E-state index contributed by atoms with van der Waals surface area (Å²) in [5.74, 6) is -0.895. The summed E-state index contributed by atoms with van der Waals surface area (Å²) in [4.78, 5) is 20.6. The van der Waals surface area contributed by atoms with E-state index in [1.54, 1.807) is 0 Å². The van der Waals surface area contributed by atoms with Crippen molar-refractivity contribution in [3.63, 3.8) is 0 Å². The van der Waals surface area contributed by atoms with Gasteiger partial charge in [-0.25, -0.2) is 14.6 Å². The van der Waals surface area contributed by atoms with Crippen LogP contribution < -0.4 is 10.6 Å². The number of hydrogen-bond donors (Lipinski definition) is 5. The van der Waals surface area contributed by atoms with Crippen LogP contribution >= 0.6 is 11.8 Å². The van der Waals surface area contributed by atoms with Crippen molar-refractivity contribution in [1.29, 1.82) is 0 Å². The van der Waals surface area contributed by atoms with Gasteiger partial charge in [-0.1, -0.05) is 42.1 Å². The lowest BCUT2D eigenvalue weighted by Crippen LogP contribution is -2.32. The van der Waals surface area contributed by atoms with E-state index in [-0.39, 0.29) is 6.42 Å². The maximum absolute atomic E-state index is 11.5. The quantitative estimate of drug-likeness (QED) is 0.165. The van der Waals surface area contributed by atoms with E-state index in [9.17, 15) is 20.1 Å². The molecular weight excluding hydrogens is 446 g/mol. The van der Waals surface area contributed by atoms with Crippen molar-refractivity contribution in [2.45, 2.75) is 43.2 Å². The molecule has 1 saturated carbocycles. The molecule has 0 bridgehead atoms. The number of hydrogen-bond acceptors (Lipinski definition) is 10. The molecule has 0 spiro atoms. The highest BCUT2D eigenvalue weighted by atomic mass is 32.2. The van der Waals surface area contributed by atoms with E-state index in [1.807, 2.05) is 30.3 Å². The Morgan fingerprint density at radius 3 is 2.61 bits per heavy atom. The fraction of sp³-hybridized carbons (Fsp3) is 0.476. The Morgan fingerprint density at radius 1 is 1.15 bits per heavy atom. The second-order valence-corrected chi connectivity index (χ2v) is 8.92. The maximum Gasteiger partial charge on any atom is 0.309 e. The highest BCUT2D eigenvalue weighted by Crippen LogP contribution is 2.37. The van der Waals surface area contributed by atoms with Crippen LogP contribution in [0, 0.1) is 5.92 Å². The Morgan fingerprint density at radius 2 is 1.91 bits per heavy atom. The zero-order valence-corrected chi connectivity index (χ0v) is 18.9. The number of anilines is 2. The number of aromatic nitrogens is 5. The first kappa shape index (κ1) is 23.2. The molecule has 33 heavy (non-hydrogen) atoms. The summed E-state index contributed by atoms with van der Waals surface area (Å²) >= 11 is 1.49. The average Bonchev–Trinajstić information content (AvgIpc) is 3.37. The van der Waals surface area contributed by atoms with E-state index in [0.29, 0.717) is 35.2 Å². The van der Waals surface area contributed by atoms with Gasteiger partial charge < -0.3 is 26.0 Å².